The zero-order valence-electron chi connectivity index (χ0n) is 22.5. The van der Waals surface area contributed by atoms with Gasteiger partial charge in [-0.3, -0.25) is 4.18 Å². The molecule has 0 unspecified atom stereocenters. The largest absolute Gasteiger partial charge is 0.491 e. The van der Waals surface area contributed by atoms with Crippen LogP contribution in [0.1, 0.15) is 43.7 Å². The Labute approximate surface area is 234 Å². The van der Waals surface area contributed by atoms with Crippen molar-refractivity contribution in [2.45, 2.75) is 56.1 Å². The summed E-state index contributed by atoms with van der Waals surface area (Å²) in [7, 11) is -3.78. The van der Waals surface area contributed by atoms with E-state index in [1.54, 1.807) is 24.3 Å². The molecule has 9 nitrogen and oxygen atoms in total. The zero-order chi connectivity index (χ0) is 27.7. The molecule has 3 heterocycles. The summed E-state index contributed by atoms with van der Waals surface area (Å²) in [6.07, 6.45) is 8.54. The highest BCUT2D eigenvalue weighted by Crippen LogP contribution is 2.43. The Balaban J connectivity index is 1.16. The van der Waals surface area contributed by atoms with E-state index in [2.05, 4.69) is 20.7 Å². The molecule has 0 bridgehead atoms. The molecule has 10 heteroatoms. The van der Waals surface area contributed by atoms with E-state index in [1.165, 1.54) is 12.7 Å². The van der Waals surface area contributed by atoms with Crippen molar-refractivity contribution in [2.24, 2.45) is 5.92 Å². The zero-order valence-corrected chi connectivity index (χ0v) is 23.3. The Morgan fingerprint density at radius 1 is 1.07 bits per heavy atom. The van der Waals surface area contributed by atoms with Gasteiger partial charge < -0.3 is 19.8 Å². The second-order valence-corrected chi connectivity index (χ2v) is 12.4. The number of nitrogens with zero attached hydrogens (tertiary/aromatic N) is 3. The fraction of sp³-hybridized carbons (Fsp3) is 0.400. The molecule has 6 rings (SSSR count). The van der Waals surface area contributed by atoms with Crippen LogP contribution in [-0.4, -0.2) is 48.9 Å². The molecule has 1 saturated heterocycles. The first-order valence-corrected chi connectivity index (χ1v) is 15.2. The fourth-order valence-electron chi connectivity index (χ4n) is 5.51. The molecule has 1 aliphatic heterocycles. The summed E-state index contributed by atoms with van der Waals surface area (Å²) in [6.45, 7) is 3.39. The molecule has 2 aromatic heterocycles. The van der Waals surface area contributed by atoms with Crippen LogP contribution in [0.15, 0.2) is 66.0 Å². The third kappa shape index (κ3) is 5.56. The lowest BCUT2D eigenvalue weighted by atomic mass is 9.81. The van der Waals surface area contributed by atoms with Crippen molar-refractivity contribution in [3.63, 3.8) is 0 Å². The third-order valence-electron chi connectivity index (χ3n) is 7.87. The van der Waals surface area contributed by atoms with E-state index in [0.717, 1.165) is 65.8 Å². The molecule has 2 aliphatic rings. The number of aryl methyl sites for hydroxylation is 1. The predicted octanol–water partition coefficient (Wildman–Crippen LogP) is 5.29. The van der Waals surface area contributed by atoms with Crippen molar-refractivity contribution in [1.82, 2.24) is 14.5 Å². The normalized spacial score (nSPS) is 21.3. The van der Waals surface area contributed by atoms with Crippen LogP contribution < -0.4 is 10.5 Å². The van der Waals surface area contributed by atoms with Crippen molar-refractivity contribution in [1.29, 1.82) is 0 Å². The lowest BCUT2D eigenvalue weighted by Crippen LogP contribution is -2.30. The summed E-state index contributed by atoms with van der Waals surface area (Å²) in [5, 5.41) is 0.803. The summed E-state index contributed by atoms with van der Waals surface area (Å²) in [5.41, 5.74) is 10.0. The molecule has 1 aliphatic carbocycles. The molecule has 2 fully saturated rings. The number of hydrogen-bond acceptors (Lipinski definition) is 8. The molecule has 0 radical (unpaired) electrons. The van der Waals surface area contributed by atoms with Gasteiger partial charge in [-0.05, 0) is 74.8 Å². The Bertz CT molecular complexity index is 1590. The first-order chi connectivity index (χ1) is 19.4. The molecule has 4 aromatic rings. The standard InChI is InChI=1S/C30H34N4O5S/c1-20-8-10-26(11-9-20)40(35,36)39-17-21-13-23(14-21)34-16-27(28-29(31)32-19-33-30(28)34)22-5-4-7-24(15-22)38-18-25-6-2-3-12-37-25/h4-5,7-11,15-16,19,21,23,25H,2-3,6,12-14,17-18H2,1H3,(H2,31,32,33)/t21-,23+,25-/m1/s1. The molecule has 0 spiro atoms. The van der Waals surface area contributed by atoms with Crippen LogP contribution in [0.3, 0.4) is 0 Å². The highest BCUT2D eigenvalue weighted by Gasteiger charge is 2.34. The molecular weight excluding hydrogens is 528 g/mol. The Morgan fingerprint density at radius 3 is 2.67 bits per heavy atom. The van der Waals surface area contributed by atoms with E-state index < -0.39 is 10.1 Å². The average molecular weight is 563 g/mol. The number of nitrogen functional groups attached to an aromatic ring is 1. The minimum atomic E-state index is -3.78. The minimum Gasteiger partial charge on any atom is -0.491 e. The van der Waals surface area contributed by atoms with Gasteiger partial charge in [-0.1, -0.05) is 29.8 Å². The number of anilines is 1. The Kier molecular flexibility index (Phi) is 7.48. The highest BCUT2D eigenvalue weighted by atomic mass is 32.2. The SMILES string of the molecule is Cc1ccc(S(=O)(=O)OC[C@H]2C[C@@H](n3cc(-c4cccc(OC[C@H]5CCCCO5)c4)c4c(N)ncnc43)C2)cc1. The molecule has 1 atom stereocenters. The van der Waals surface area contributed by atoms with E-state index in [4.69, 9.17) is 19.4 Å². The minimum absolute atomic E-state index is 0.129. The molecule has 2 N–H and O–H groups in total. The lowest BCUT2D eigenvalue weighted by molar-refractivity contribution is -0.0110. The van der Waals surface area contributed by atoms with Crippen LogP contribution in [0, 0.1) is 12.8 Å². The van der Waals surface area contributed by atoms with Crippen molar-refractivity contribution < 1.29 is 22.1 Å². The number of ether oxygens (including phenoxy) is 2. The van der Waals surface area contributed by atoms with Crippen molar-refractivity contribution in [3.05, 3.63) is 66.6 Å². The number of rotatable bonds is 9. The van der Waals surface area contributed by atoms with Crippen molar-refractivity contribution >= 4 is 27.0 Å². The van der Waals surface area contributed by atoms with Gasteiger partial charge in [0.1, 0.15) is 30.1 Å². The van der Waals surface area contributed by atoms with Gasteiger partial charge >= 0.3 is 0 Å². The van der Waals surface area contributed by atoms with E-state index in [9.17, 15) is 8.42 Å². The summed E-state index contributed by atoms with van der Waals surface area (Å²) in [6, 6.07) is 14.8. The van der Waals surface area contributed by atoms with Crippen LogP contribution in [0.2, 0.25) is 0 Å². The number of fused-ring (bicyclic) bond motifs is 1. The summed E-state index contributed by atoms with van der Waals surface area (Å²) in [4.78, 5) is 9.00. The van der Waals surface area contributed by atoms with Crippen LogP contribution in [-0.2, 0) is 19.0 Å². The first kappa shape index (κ1) is 26.7. The number of hydrogen-bond donors (Lipinski definition) is 1. The predicted molar refractivity (Wildman–Crippen MR) is 153 cm³/mol. The molecule has 40 heavy (non-hydrogen) atoms. The summed E-state index contributed by atoms with van der Waals surface area (Å²) in [5.74, 6) is 1.33. The van der Waals surface area contributed by atoms with Gasteiger partial charge in [0.05, 0.1) is 23.0 Å². The Morgan fingerprint density at radius 2 is 1.90 bits per heavy atom. The first-order valence-electron chi connectivity index (χ1n) is 13.8. The van der Waals surface area contributed by atoms with Crippen molar-refractivity contribution in [2.75, 3.05) is 25.6 Å². The second-order valence-electron chi connectivity index (χ2n) is 10.8. The molecule has 0 amide bonds. The van der Waals surface area contributed by atoms with Crippen LogP contribution in [0.25, 0.3) is 22.2 Å². The van der Waals surface area contributed by atoms with Crippen LogP contribution in [0.4, 0.5) is 5.82 Å². The summed E-state index contributed by atoms with van der Waals surface area (Å²) >= 11 is 0. The number of aromatic nitrogens is 3. The molecule has 1 saturated carbocycles. The van der Waals surface area contributed by atoms with Crippen LogP contribution in [0.5, 0.6) is 5.75 Å². The van der Waals surface area contributed by atoms with Gasteiger partial charge in [0, 0.05) is 24.4 Å². The molecule has 2 aromatic carbocycles. The summed E-state index contributed by atoms with van der Waals surface area (Å²) < 4.78 is 44.6. The van der Waals surface area contributed by atoms with Gasteiger partial charge in [-0.2, -0.15) is 8.42 Å². The molecule has 210 valence electrons. The quantitative estimate of drug-likeness (QED) is 0.273. The maximum absolute atomic E-state index is 12.6. The van der Waals surface area contributed by atoms with Crippen molar-refractivity contribution in [3.8, 4) is 16.9 Å². The van der Waals surface area contributed by atoms with E-state index in [1.807, 2.05) is 31.2 Å². The lowest BCUT2D eigenvalue weighted by Gasteiger charge is -2.36. The van der Waals surface area contributed by atoms with E-state index >= 15 is 0 Å². The van der Waals surface area contributed by atoms with Gasteiger partial charge in [-0.25, -0.2) is 9.97 Å². The second kappa shape index (κ2) is 11.2. The molecular formula is C30H34N4O5S. The van der Waals surface area contributed by atoms with E-state index in [-0.39, 0.29) is 29.6 Å². The monoisotopic (exact) mass is 562 g/mol. The topological polar surface area (TPSA) is 119 Å². The van der Waals surface area contributed by atoms with Crippen LogP contribution >= 0.6 is 0 Å². The highest BCUT2D eigenvalue weighted by molar-refractivity contribution is 7.86. The Hall–Kier alpha value is -3.47. The maximum atomic E-state index is 12.6. The van der Waals surface area contributed by atoms with Gasteiger partial charge in [0.15, 0.2) is 0 Å². The fourth-order valence-corrected chi connectivity index (χ4v) is 6.49. The number of nitrogens with two attached hydrogens (primary N) is 1. The van der Waals surface area contributed by atoms with Gasteiger partial charge in [0.2, 0.25) is 0 Å². The maximum Gasteiger partial charge on any atom is 0.296 e. The van der Waals surface area contributed by atoms with E-state index in [0.29, 0.717) is 12.4 Å². The smallest absolute Gasteiger partial charge is 0.296 e. The average Bonchev–Trinajstić information content (AvgIpc) is 3.33. The van der Waals surface area contributed by atoms with Gasteiger partial charge in [-0.15, -0.1) is 0 Å². The third-order valence-corrected chi connectivity index (χ3v) is 9.16. The van der Waals surface area contributed by atoms with Gasteiger partial charge in [0.25, 0.3) is 10.1 Å². The number of benzene rings is 2.